The summed E-state index contributed by atoms with van der Waals surface area (Å²) in [6.45, 7) is 1.30. The molecule has 1 aromatic rings. The van der Waals surface area contributed by atoms with Crippen LogP contribution >= 0.6 is 0 Å². The van der Waals surface area contributed by atoms with Crippen LogP contribution in [0.5, 0.6) is 0 Å². The van der Waals surface area contributed by atoms with Crippen molar-refractivity contribution >= 4 is 15.8 Å². The summed E-state index contributed by atoms with van der Waals surface area (Å²) >= 11 is 0. The van der Waals surface area contributed by atoms with Crippen molar-refractivity contribution in [2.24, 2.45) is 0 Å². The standard InChI is InChI=1S/C11H11NO3S/c1-3-7-12-16(14,15)11-6-4-5-10(8-11)9(2)13/h1,4-6,8,12H,7H2,2H3. The quantitative estimate of drug-likeness (QED) is 0.622. The Kier molecular flexibility index (Phi) is 3.82. The Morgan fingerprint density at radius 1 is 1.50 bits per heavy atom. The minimum atomic E-state index is -3.62. The van der Waals surface area contributed by atoms with Crippen molar-refractivity contribution in [3.05, 3.63) is 29.8 Å². The maximum atomic E-state index is 11.6. The smallest absolute Gasteiger partial charge is 0.241 e. The van der Waals surface area contributed by atoms with E-state index in [1.54, 1.807) is 6.07 Å². The molecule has 0 aliphatic heterocycles. The van der Waals surface area contributed by atoms with Crippen molar-refractivity contribution in [2.75, 3.05) is 6.54 Å². The lowest BCUT2D eigenvalue weighted by molar-refractivity contribution is 0.101. The average molecular weight is 237 g/mol. The molecular weight excluding hydrogens is 226 g/mol. The number of benzene rings is 1. The van der Waals surface area contributed by atoms with Crippen LogP contribution in [-0.2, 0) is 10.0 Å². The van der Waals surface area contributed by atoms with E-state index in [0.29, 0.717) is 5.56 Å². The van der Waals surface area contributed by atoms with Gasteiger partial charge in [-0.1, -0.05) is 18.1 Å². The number of nitrogens with one attached hydrogen (secondary N) is 1. The molecule has 1 rings (SSSR count). The Bertz CT molecular complexity index is 541. The number of rotatable bonds is 4. The minimum Gasteiger partial charge on any atom is -0.295 e. The zero-order chi connectivity index (χ0) is 12.2. The topological polar surface area (TPSA) is 63.2 Å². The number of carbonyl (C=O) groups is 1. The van der Waals surface area contributed by atoms with Gasteiger partial charge in [-0.15, -0.1) is 6.42 Å². The molecule has 0 amide bonds. The van der Waals surface area contributed by atoms with Crippen LogP contribution in [0, 0.1) is 12.3 Å². The second-order valence-corrected chi connectivity index (χ2v) is 4.88. The summed E-state index contributed by atoms with van der Waals surface area (Å²) in [6, 6.07) is 5.80. The van der Waals surface area contributed by atoms with Crippen LogP contribution in [0.3, 0.4) is 0 Å². The second kappa shape index (κ2) is 4.92. The molecule has 0 radical (unpaired) electrons. The van der Waals surface area contributed by atoms with E-state index in [9.17, 15) is 13.2 Å². The van der Waals surface area contributed by atoms with Gasteiger partial charge in [0.1, 0.15) is 0 Å². The molecule has 0 bridgehead atoms. The predicted molar refractivity (Wildman–Crippen MR) is 60.5 cm³/mol. The number of carbonyl (C=O) groups excluding carboxylic acids is 1. The second-order valence-electron chi connectivity index (χ2n) is 3.11. The van der Waals surface area contributed by atoms with E-state index >= 15 is 0 Å². The number of sulfonamides is 1. The van der Waals surface area contributed by atoms with Gasteiger partial charge in [0.15, 0.2) is 5.78 Å². The zero-order valence-corrected chi connectivity index (χ0v) is 9.54. The summed E-state index contributed by atoms with van der Waals surface area (Å²) in [6.07, 6.45) is 4.96. The highest BCUT2D eigenvalue weighted by molar-refractivity contribution is 7.89. The number of hydrogen-bond acceptors (Lipinski definition) is 3. The molecule has 1 N–H and O–H groups in total. The molecule has 0 saturated carbocycles. The molecule has 16 heavy (non-hydrogen) atoms. The fraction of sp³-hybridized carbons (Fsp3) is 0.182. The molecule has 1 aromatic carbocycles. The molecule has 5 heteroatoms. The van der Waals surface area contributed by atoms with Gasteiger partial charge >= 0.3 is 0 Å². The number of ketones is 1. The fourth-order valence-corrected chi connectivity index (χ4v) is 2.08. The van der Waals surface area contributed by atoms with Gasteiger partial charge in [-0.05, 0) is 19.1 Å². The van der Waals surface area contributed by atoms with Gasteiger partial charge in [-0.3, -0.25) is 4.79 Å². The highest BCUT2D eigenvalue weighted by Crippen LogP contribution is 2.11. The van der Waals surface area contributed by atoms with Gasteiger partial charge in [-0.25, -0.2) is 8.42 Å². The molecule has 0 saturated heterocycles. The summed E-state index contributed by atoms with van der Waals surface area (Å²) in [7, 11) is -3.62. The largest absolute Gasteiger partial charge is 0.295 e. The van der Waals surface area contributed by atoms with E-state index < -0.39 is 10.0 Å². The van der Waals surface area contributed by atoms with Crippen LogP contribution in [-0.4, -0.2) is 20.7 Å². The molecule has 0 heterocycles. The zero-order valence-electron chi connectivity index (χ0n) is 8.73. The predicted octanol–water partition coefficient (Wildman–Crippen LogP) is 0.801. The van der Waals surface area contributed by atoms with Gasteiger partial charge < -0.3 is 0 Å². The Morgan fingerprint density at radius 2 is 2.19 bits per heavy atom. The average Bonchev–Trinajstić information content (AvgIpc) is 2.26. The lowest BCUT2D eigenvalue weighted by Crippen LogP contribution is -2.24. The third-order valence-corrected chi connectivity index (χ3v) is 3.31. The SMILES string of the molecule is C#CCNS(=O)(=O)c1cccc(C(C)=O)c1. The van der Waals surface area contributed by atoms with Crippen molar-refractivity contribution in [3.8, 4) is 12.3 Å². The van der Waals surface area contributed by atoms with Crippen molar-refractivity contribution in [2.45, 2.75) is 11.8 Å². The van der Waals surface area contributed by atoms with Gasteiger partial charge in [0, 0.05) is 5.56 Å². The summed E-state index contributed by atoms with van der Waals surface area (Å²) in [5, 5.41) is 0. The minimum absolute atomic E-state index is 0.0375. The summed E-state index contributed by atoms with van der Waals surface area (Å²) in [5.74, 6) is 1.99. The van der Waals surface area contributed by atoms with Crippen LogP contribution in [0.15, 0.2) is 29.2 Å². The van der Waals surface area contributed by atoms with E-state index in [1.807, 2.05) is 0 Å². The first-order valence-electron chi connectivity index (χ1n) is 4.51. The molecule has 0 fully saturated rings. The Morgan fingerprint density at radius 3 is 2.75 bits per heavy atom. The van der Waals surface area contributed by atoms with Crippen molar-refractivity contribution in [3.63, 3.8) is 0 Å². The maximum absolute atomic E-state index is 11.6. The van der Waals surface area contributed by atoms with Gasteiger partial charge in [-0.2, -0.15) is 4.72 Å². The van der Waals surface area contributed by atoms with E-state index in [4.69, 9.17) is 6.42 Å². The molecule has 0 aliphatic carbocycles. The monoisotopic (exact) mass is 237 g/mol. The molecule has 0 atom stereocenters. The van der Waals surface area contributed by atoms with E-state index in [1.165, 1.54) is 25.1 Å². The summed E-state index contributed by atoms with van der Waals surface area (Å²) in [4.78, 5) is 11.1. The van der Waals surface area contributed by atoms with Gasteiger partial charge in [0.05, 0.1) is 11.4 Å². The third-order valence-electron chi connectivity index (χ3n) is 1.92. The highest BCUT2D eigenvalue weighted by atomic mass is 32.2. The Balaban J connectivity index is 3.10. The molecule has 0 spiro atoms. The summed E-state index contributed by atoms with van der Waals surface area (Å²) < 4.78 is 25.5. The van der Waals surface area contributed by atoms with E-state index in [2.05, 4.69) is 10.6 Å². The van der Waals surface area contributed by atoms with Crippen molar-refractivity contribution in [1.29, 1.82) is 0 Å². The third kappa shape index (κ3) is 2.92. The van der Waals surface area contributed by atoms with E-state index in [0.717, 1.165) is 0 Å². The highest BCUT2D eigenvalue weighted by Gasteiger charge is 2.13. The van der Waals surface area contributed by atoms with Gasteiger partial charge in [0.25, 0.3) is 0 Å². The first-order valence-corrected chi connectivity index (χ1v) is 6.00. The Hall–Kier alpha value is -1.64. The number of Topliss-reactive ketones (excluding diaryl/α,β-unsaturated/α-hetero) is 1. The van der Waals surface area contributed by atoms with Crippen LogP contribution in [0.25, 0.3) is 0 Å². The van der Waals surface area contributed by atoms with Crippen molar-refractivity contribution in [1.82, 2.24) is 4.72 Å². The lowest BCUT2D eigenvalue weighted by Gasteiger charge is -2.04. The molecular formula is C11H11NO3S. The van der Waals surface area contributed by atoms with E-state index in [-0.39, 0.29) is 17.2 Å². The first-order chi connectivity index (χ1) is 7.47. The number of hydrogen-bond donors (Lipinski definition) is 1. The van der Waals surface area contributed by atoms with Crippen LogP contribution < -0.4 is 4.72 Å². The molecule has 0 unspecified atom stereocenters. The van der Waals surface area contributed by atoms with Crippen molar-refractivity contribution < 1.29 is 13.2 Å². The Labute approximate surface area is 94.7 Å². The van der Waals surface area contributed by atoms with Crippen LogP contribution in [0.2, 0.25) is 0 Å². The molecule has 0 aromatic heterocycles. The summed E-state index contributed by atoms with van der Waals surface area (Å²) in [5.41, 5.74) is 0.351. The molecule has 84 valence electrons. The maximum Gasteiger partial charge on any atom is 0.241 e. The number of terminal acetylenes is 1. The first kappa shape index (κ1) is 12.4. The normalized spacial score (nSPS) is 10.8. The van der Waals surface area contributed by atoms with Crippen LogP contribution in [0.1, 0.15) is 17.3 Å². The molecule has 4 nitrogen and oxygen atoms in total. The van der Waals surface area contributed by atoms with Gasteiger partial charge in [0.2, 0.25) is 10.0 Å². The molecule has 0 aliphatic rings. The van der Waals surface area contributed by atoms with Crippen LogP contribution in [0.4, 0.5) is 0 Å². The fourth-order valence-electron chi connectivity index (χ4n) is 1.10. The lowest BCUT2D eigenvalue weighted by atomic mass is 10.2.